The zero-order chi connectivity index (χ0) is 18.0. The molecule has 0 radical (unpaired) electrons. The van der Waals surface area contributed by atoms with E-state index in [0.717, 1.165) is 19.6 Å². The number of hydrogen-bond donors (Lipinski definition) is 2. The van der Waals surface area contributed by atoms with Gasteiger partial charge < -0.3 is 9.80 Å². The Bertz CT molecular complexity index is 622. The predicted molar refractivity (Wildman–Crippen MR) is 83.2 cm³/mol. The highest BCUT2D eigenvalue weighted by Crippen LogP contribution is 2.30. The molecule has 2 atom stereocenters. The summed E-state index contributed by atoms with van der Waals surface area (Å²) in [6, 6.07) is -2.04. The summed E-state index contributed by atoms with van der Waals surface area (Å²) in [5, 5.41) is 0.608. The van der Waals surface area contributed by atoms with Crippen molar-refractivity contribution in [2.45, 2.75) is 37.8 Å². The summed E-state index contributed by atoms with van der Waals surface area (Å²) in [4.78, 5) is 33.1. The van der Waals surface area contributed by atoms with Crippen molar-refractivity contribution in [1.29, 1.82) is 0 Å². The normalized spacial score (nSPS) is 27.2. The fraction of sp³-hybridized carbons (Fsp3) is 0.846. The lowest BCUT2D eigenvalue weighted by Crippen LogP contribution is -2.50. The first kappa shape index (κ1) is 18.3. The maximum absolute atomic E-state index is 12.2. The molecule has 2 bridgehead atoms. The minimum absolute atomic E-state index is 0.153. The number of carbonyl (C=O) groups is 2. The van der Waals surface area contributed by atoms with Crippen LogP contribution in [0.5, 0.6) is 0 Å². The van der Waals surface area contributed by atoms with Crippen molar-refractivity contribution >= 4 is 22.3 Å². The Hall–Kier alpha value is -1.47. The van der Waals surface area contributed by atoms with E-state index >= 15 is 0 Å². The number of amides is 3. The summed E-state index contributed by atoms with van der Waals surface area (Å²) in [6.45, 7) is 3.30. The van der Waals surface area contributed by atoms with Gasteiger partial charge in [0.25, 0.3) is 5.91 Å². The highest BCUT2D eigenvalue weighted by molar-refractivity contribution is 7.80. The van der Waals surface area contributed by atoms with E-state index in [9.17, 15) is 18.0 Å². The molecule has 25 heavy (non-hydrogen) atoms. The molecule has 2 N–H and O–H groups in total. The van der Waals surface area contributed by atoms with Crippen LogP contribution in [0.25, 0.3) is 0 Å². The van der Waals surface area contributed by atoms with Crippen LogP contribution >= 0.6 is 0 Å². The minimum Gasteiger partial charge on any atom is -0.309 e. The van der Waals surface area contributed by atoms with Gasteiger partial charge >= 0.3 is 16.4 Å². The fourth-order valence-corrected chi connectivity index (χ4v) is 3.86. The van der Waals surface area contributed by atoms with Crippen LogP contribution in [0.4, 0.5) is 4.79 Å². The highest BCUT2D eigenvalue weighted by Gasteiger charge is 2.49. The van der Waals surface area contributed by atoms with Crippen LogP contribution in [0.2, 0.25) is 0 Å². The first-order chi connectivity index (χ1) is 11.8. The van der Waals surface area contributed by atoms with Gasteiger partial charge in [-0.1, -0.05) is 0 Å². The van der Waals surface area contributed by atoms with E-state index in [2.05, 4.69) is 14.7 Å². The van der Waals surface area contributed by atoms with Gasteiger partial charge in [0.2, 0.25) is 0 Å². The zero-order valence-electron chi connectivity index (χ0n) is 13.7. The predicted octanol–water partition coefficient (Wildman–Crippen LogP) is -0.867. The molecule has 3 heterocycles. The maximum atomic E-state index is 12.2. The van der Waals surface area contributed by atoms with Gasteiger partial charge in [0.1, 0.15) is 6.04 Å². The molecule has 1 unspecified atom stereocenters. The van der Waals surface area contributed by atoms with E-state index in [0.29, 0.717) is 24.5 Å². The average molecular weight is 378 g/mol. The molecule has 0 aromatic carbocycles. The van der Waals surface area contributed by atoms with Crippen molar-refractivity contribution in [2.24, 2.45) is 0 Å². The zero-order valence-corrected chi connectivity index (χ0v) is 14.5. The van der Waals surface area contributed by atoms with Gasteiger partial charge in [-0.05, 0) is 38.8 Å². The van der Waals surface area contributed by atoms with E-state index in [1.165, 1.54) is 17.7 Å². The van der Waals surface area contributed by atoms with E-state index in [4.69, 9.17) is 9.39 Å². The van der Waals surface area contributed by atoms with Gasteiger partial charge in [0.15, 0.2) is 0 Å². The number of piperidine rings is 1. The molecule has 0 saturated carbocycles. The van der Waals surface area contributed by atoms with Crippen molar-refractivity contribution in [2.75, 3.05) is 32.8 Å². The number of hydrogen-bond acceptors (Lipinski definition) is 7. The molecule has 3 rings (SSSR count). The molecule has 0 aliphatic carbocycles. The van der Waals surface area contributed by atoms with Crippen molar-refractivity contribution in [3.05, 3.63) is 0 Å². The molecular weight excluding hydrogens is 356 g/mol. The summed E-state index contributed by atoms with van der Waals surface area (Å²) < 4.78 is 34.7. The third-order valence-corrected chi connectivity index (χ3v) is 5.03. The number of nitrogens with zero attached hydrogens (tertiary/aromatic N) is 3. The Labute approximate surface area is 145 Å². The van der Waals surface area contributed by atoms with Gasteiger partial charge in [-0.2, -0.15) is 13.5 Å². The molecular formula is C13H22N4O7S. The largest absolute Gasteiger partial charge is 0.418 e. The summed E-state index contributed by atoms with van der Waals surface area (Å²) in [7, 11) is -4.79. The van der Waals surface area contributed by atoms with Crippen LogP contribution in [0, 0.1) is 0 Å². The summed E-state index contributed by atoms with van der Waals surface area (Å²) in [6.07, 6.45) is 3.08. The molecule has 0 aromatic heterocycles. The van der Waals surface area contributed by atoms with Crippen LogP contribution in [0.1, 0.15) is 25.7 Å². The summed E-state index contributed by atoms with van der Waals surface area (Å²) in [5.74, 6) is -0.457. The molecule has 11 nitrogen and oxygen atoms in total. The number of fused-ring (bicyclic) bond motifs is 2. The van der Waals surface area contributed by atoms with Crippen LogP contribution < -0.4 is 5.48 Å². The number of carbonyl (C=O) groups excluding carboxylic acids is 2. The van der Waals surface area contributed by atoms with Gasteiger partial charge in [-0.25, -0.2) is 10.3 Å². The van der Waals surface area contributed by atoms with Crippen LogP contribution in [0.3, 0.4) is 0 Å². The Balaban J connectivity index is 1.48. The lowest BCUT2D eigenvalue weighted by atomic mass is 10.0. The summed E-state index contributed by atoms with van der Waals surface area (Å²) >= 11 is 0. The second-order valence-corrected chi connectivity index (χ2v) is 7.38. The van der Waals surface area contributed by atoms with Gasteiger partial charge in [0.05, 0.1) is 12.6 Å². The molecule has 3 aliphatic heterocycles. The van der Waals surface area contributed by atoms with Gasteiger partial charge in [-0.15, -0.1) is 4.28 Å². The lowest BCUT2D eigenvalue weighted by molar-refractivity contribution is -0.139. The topological polar surface area (TPSA) is 129 Å². The fourth-order valence-electron chi connectivity index (χ4n) is 3.48. The Morgan fingerprint density at radius 1 is 1.28 bits per heavy atom. The SMILES string of the molecule is O=C(NOCCN1CCCC1)[C@@H]1CCC2CN1C(=O)N2OS(=O)(=O)O. The van der Waals surface area contributed by atoms with E-state index < -0.39 is 34.4 Å². The standard InChI is InChI=1S/C13H22N4O7S/c18-12(14-23-8-7-15-5-1-2-6-15)11-4-3-10-9-16(11)13(19)17(10)24-25(20,21)22/h10-11H,1-9H2,(H,14,18)(H,20,21,22)/t10?,11-/m0/s1. The Kier molecular flexibility index (Phi) is 5.43. The molecule has 0 aromatic rings. The van der Waals surface area contributed by atoms with Gasteiger partial charge in [-0.3, -0.25) is 14.2 Å². The number of nitrogens with one attached hydrogen (secondary N) is 1. The van der Waals surface area contributed by atoms with Crippen LogP contribution in [0.15, 0.2) is 0 Å². The number of urea groups is 1. The third-order valence-electron chi connectivity index (χ3n) is 4.68. The van der Waals surface area contributed by atoms with E-state index in [-0.39, 0.29) is 6.54 Å². The first-order valence-corrected chi connectivity index (χ1v) is 9.62. The summed E-state index contributed by atoms with van der Waals surface area (Å²) in [5.41, 5.74) is 2.36. The maximum Gasteiger partial charge on any atom is 0.418 e. The van der Waals surface area contributed by atoms with Crippen molar-refractivity contribution < 1.29 is 31.7 Å². The molecule has 3 amide bonds. The van der Waals surface area contributed by atoms with Crippen LogP contribution in [-0.4, -0.2) is 84.6 Å². The smallest absolute Gasteiger partial charge is 0.309 e. The number of hydroxylamine groups is 3. The molecule has 142 valence electrons. The van der Waals surface area contributed by atoms with E-state index in [1.807, 2.05) is 0 Å². The van der Waals surface area contributed by atoms with Crippen molar-refractivity contribution in [3.8, 4) is 0 Å². The molecule has 0 spiro atoms. The highest BCUT2D eigenvalue weighted by atomic mass is 32.3. The Morgan fingerprint density at radius 2 is 2.00 bits per heavy atom. The Morgan fingerprint density at radius 3 is 2.68 bits per heavy atom. The number of likely N-dealkylation sites (tertiary alicyclic amines) is 1. The third kappa shape index (κ3) is 4.39. The molecule has 3 aliphatic rings. The first-order valence-electron chi connectivity index (χ1n) is 8.26. The van der Waals surface area contributed by atoms with Crippen molar-refractivity contribution in [1.82, 2.24) is 20.3 Å². The molecule has 3 saturated heterocycles. The average Bonchev–Trinajstić information content (AvgIpc) is 3.14. The van der Waals surface area contributed by atoms with Gasteiger partial charge in [0, 0.05) is 13.1 Å². The quantitative estimate of drug-likeness (QED) is 0.332. The monoisotopic (exact) mass is 378 g/mol. The van der Waals surface area contributed by atoms with Crippen LogP contribution in [-0.2, 0) is 24.3 Å². The van der Waals surface area contributed by atoms with Crippen molar-refractivity contribution in [3.63, 3.8) is 0 Å². The second-order valence-electron chi connectivity index (χ2n) is 6.37. The molecule has 12 heteroatoms. The number of rotatable bonds is 7. The van der Waals surface area contributed by atoms with E-state index in [1.54, 1.807) is 0 Å². The molecule has 3 fully saturated rings. The second kappa shape index (κ2) is 7.41. The minimum atomic E-state index is -4.79. The lowest BCUT2D eigenvalue weighted by Gasteiger charge is -2.29.